The van der Waals surface area contributed by atoms with Crippen molar-refractivity contribution < 1.29 is 32.7 Å². The van der Waals surface area contributed by atoms with Crippen LogP contribution in [0.4, 0.5) is 0 Å². The SMILES string of the molecule is C/C=C\C=C/CC1=C2C=CC=CC2[N-]N1C.C=C(/C=c1/c(/C=C\C)c(C)n(-c2ccccc2)/c1=C/C)/C=C/c1c(/C=C\C)[nH]c2ccccc12.C=CC.CC.CC.[Y]. The maximum absolute atomic E-state index is 4.56. The first-order valence-electron chi connectivity index (χ1n) is 20.4. The number of para-hydroxylation sites is 2. The van der Waals surface area contributed by atoms with E-state index in [1.54, 1.807) is 6.08 Å². The molecule has 4 aromatic rings. The predicted molar refractivity (Wildman–Crippen MR) is 258 cm³/mol. The number of benzene rings is 2. The van der Waals surface area contributed by atoms with Crippen LogP contribution in [0.3, 0.4) is 0 Å². The summed E-state index contributed by atoms with van der Waals surface area (Å²) in [7, 11) is 2.02. The molecule has 0 spiro atoms. The van der Waals surface area contributed by atoms with Crippen molar-refractivity contribution in [3.8, 4) is 5.69 Å². The molecule has 1 aliphatic carbocycles. The summed E-state index contributed by atoms with van der Waals surface area (Å²) in [6.07, 6.45) is 36.6. The minimum atomic E-state index is 0. The molecule has 6 rings (SSSR count). The molecule has 1 aliphatic heterocycles. The fraction of sp³-hybridized carbons (Fsp3) is 0.245. The van der Waals surface area contributed by atoms with Crippen LogP contribution in [-0.2, 0) is 32.7 Å². The first-order valence-corrected chi connectivity index (χ1v) is 20.4. The zero-order valence-electron chi connectivity index (χ0n) is 37.1. The van der Waals surface area contributed by atoms with Crippen molar-refractivity contribution in [2.75, 3.05) is 7.05 Å². The molecular formula is C53H67N4Y-. The standard InChI is InChI=1S/C32H32N2.C14H17N2.C3H6.2C2H6.Y/c1-6-14-26-24(5)34(25-16-10-9-11-17-25)32(8-3)29(26)22-23(4)20-21-28-27-18-12-13-19-31(27)33-30(28)15-7-2;1-3-4-5-6-11-14-12-9-7-8-10-13(12)15-16(14)2;1-3-2;2*1-2;/h6-22,33H,4H2,1-3,5H3;3-10,13H,11H2,1-2H3;3H,1H2,2H3;2*1-2H3;/q;-1;;;;/b14-6-,15-7-,21-20+,29-22-,32-8+;4-3-,6-5-;;;;. The number of hydrogen-bond acceptors (Lipinski definition) is 1. The fourth-order valence-corrected chi connectivity index (χ4v) is 6.52. The summed E-state index contributed by atoms with van der Waals surface area (Å²) in [4.78, 5) is 3.52. The van der Waals surface area contributed by atoms with Crippen LogP contribution >= 0.6 is 0 Å². The summed E-state index contributed by atoms with van der Waals surface area (Å²) >= 11 is 0. The van der Waals surface area contributed by atoms with Gasteiger partial charge in [0, 0.05) is 94.5 Å². The minimum absolute atomic E-state index is 0. The Morgan fingerprint density at radius 2 is 1.48 bits per heavy atom. The average Bonchev–Trinajstić information content (AvgIpc) is 3.85. The van der Waals surface area contributed by atoms with Crippen molar-refractivity contribution in [3.63, 3.8) is 0 Å². The first-order chi connectivity index (χ1) is 27.8. The minimum Gasteiger partial charge on any atom is -0.559 e. The van der Waals surface area contributed by atoms with E-state index in [0.717, 1.165) is 28.9 Å². The van der Waals surface area contributed by atoms with E-state index in [-0.39, 0.29) is 38.8 Å². The van der Waals surface area contributed by atoms with Gasteiger partial charge in [-0.3, -0.25) is 0 Å². The Bertz CT molecular complexity index is 2240. The predicted octanol–water partition coefficient (Wildman–Crippen LogP) is 13.9. The van der Waals surface area contributed by atoms with Crippen molar-refractivity contribution in [1.29, 1.82) is 0 Å². The number of allylic oxidation sites excluding steroid dienone is 11. The van der Waals surface area contributed by atoms with E-state index < -0.39 is 0 Å². The van der Waals surface area contributed by atoms with Crippen LogP contribution in [0.1, 0.15) is 91.2 Å². The van der Waals surface area contributed by atoms with Gasteiger partial charge in [-0.1, -0.05) is 168 Å². The molecule has 303 valence electrons. The van der Waals surface area contributed by atoms with Crippen molar-refractivity contribution in [2.45, 2.75) is 81.7 Å². The van der Waals surface area contributed by atoms with E-state index in [9.17, 15) is 0 Å². The zero-order chi connectivity index (χ0) is 42.2. The third-order valence-corrected chi connectivity index (χ3v) is 8.83. The van der Waals surface area contributed by atoms with Gasteiger partial charge in [-0.05, 0) is 90.1 Å². The summed E-state index contributed by atoms with van der Waals surface area (Å²) in [5.74, 6) is 0. The molecule has 0 fully saturated rings. The van der Waals surface area contributed by atoms with Crippen LogP contribution in [0, 0.1) is 6.92 Å². The van der Waals surface area contributed by atoms with E-state index in [1.807, 2.05) is 72.7 Å². The third-order valence-electron chi connectivity index (χ3n) is 8.83. The van der Waals surface area contributed by atoms with Crippen molar-refractivity contribution >= 4 is 41.3 Å². The molecule has 3 heterocycles. The topological polar surface area (TPSA) is 38.1 Å². The van der Waals surface area contributed by atoms with Gasteiger partial charge in [0.1, 0.15) is 0 Å². The number of nitrogens with one attached hydrogen (secondary N) is 1. The van der Waals surface area contributed by atoms with Gasteiger partial charge < -0.3 is 20.0 Å². The first kappa shape index (κ1) is 51.3. The smallest absolute Gasteiger partial charge is 0.0495 e. The summed E-state index contributed by atoms with van der Waals surface area (Å²) in [5, 5.41) is 5.57. The molecule has 1 N–H and O–H groups in total. The molecule has 5 heteroatoms. The molecule has 2 aliphatic rings. The Morgan fingerprint density at radius 3 is 2.12 bits per heavy atom. The molecule has 0 saturated heterocycles. The molecule has 58 heavy (non-hydrogen) atoms. The number of hydrogen-bond donors (Lipinski definition) is 1. The third kappa shape index (κ3) is 14.0. The van der Waals surface area contributed by atoms with Crippen LogP contribution < -0.4 is 10.6 Å². The maximum atomic E-state index is 4.56. The zero-order valence-corrected chi connectivity index (χ0v) is 40.0. The second-order valence-electron chi connectivity index (χ2n) is 12.6. The number of rotatable bonds is 9. The maximum Gasteiger partial charge on any atom is 0.0495 e. The molecule has 1 radical (unpaired) electrons. The van der Waals surface area contributed by atoms with Crippen LogP contribution in [0.2, 0.25) is 0 Å². The summed E-state index contributed by atoms with van der Waals surface area (Å²) < 4.78 is 2.32. The van der Waals surface area contributed by atoms with Gasteiger partial charge in [0.25, 0.3) is 0 Å². The van der Waals surface area contributed by atoms with E-state index >= 15 is 0 Å². The Morgan fingerprint density at radius 1 is 0.828 bits per heavy atom. The van der Waals surface area contributed by atoms with E-state index in [4.69, 9.17) is 0 Å². The molecule has 0 bridgehead atoms. The average molecular weight is 849 g/mol. The van der Waals surface area contributed by atoms with Gasteiger partial charge in [0.15, 0.2) is 0 Å². The number of H-pyrrole nitrogens is 1. The van der Waals surface area contributed by atoms with Crippen molar-refractivity contribution in [1.82, 2.24) is 14.6 Å². The van der Waals surface area contributed by atoms with E-state index in [0.29, 0.717) is 0 Å². The summed E-state index contributed by atoms with van der Waals surface area (Å²) in [5.41, 5.74) is 15.2. The number of aromatic amines is 1. The van der Waals surface area contributed by atoms with Gasteiger partial charge >= 0.3 is 0 Å². The largest absolute Gasteiger partial charge is 0.559 e. The van der Waals surface area contributed by atoms with E-state index in [2.05, 4.69) is 189 Å². The molecule has 1 unspecified atom stereocenters. The van der Waals surface area contributed by atoms with Gasteiger partial charge in [-0.25, -0.2) is 0 Å². The molecule has 2 aromatic carbocycles. The van der Waals surface area contributed by atoms with Crippen LogP contribution in [-0.4, -0.2) is 27.6 Å². The number of aromatic nitrogens is 2. The molecule has 0 amide bonds. The number of nitrogens with zero attached hydrogens (tertiary/aromatic N) is 3. The molecule has 1 atom stereocenters. The van der Waals surface area contributed by atoms with Gasteiger partial charge in [0.05, 0.1) is 0 Å². The van der Waals surface area contributed by atoms with Gasteiger partial charge in [0.2, 0.25) is 0 Å². The molecule has 0 saturated carbocycles. The summed E-state index contributed by atoms with van der Waals surface area (Å²) in [6, 6.07) is 19.2. The Hall–Kier alpha value is -4.74. The quantitative estimate of drug-likeness (QED) is 0.132. The van der Waals surface area contributed by atoms with Crippen LogP contribution in [0.15, 0.2) is 158 Å². The van der Waals surface area contributed by atoms with E-state index in [1.165, 1.54) is 44.0 Å². The fourth-order valence-electron chi connectivity index (χ4n) is 6.52. The van der Waals surface area contributed by atoms with Crippen molar-refractivity contribution in [2.24, 2.45) is 0 Å². The molecule has 4 nitrogen and oxygen atoms in total. The Labute approximate surface area is 376 Å². The monoisotopic (exact) mass is 848 g/mol. The second-order valence-corrected chi connectivity index (χ2v) is 12.6. The Balaban J connectivity index is 0.000000585. The summed E-state index contributed by atoms with van der Waals surface area (Å²) in [6.45, 7) is 28.0. The number of fused-ring (bicyclic) bond motifs is 2. The van der Waals surface area contributed by atoms with Crippen LogP contribution in [0.5, 0.6) is 0 Å². The van der Waals surface area contributed by atoms with Gasteiger partial charge in [-0.2, -0.15) is 0 Å². The van der Waals surface area contributed by atoms with Gasteiger partial charge in [-0.15, -0.1) is 6.58 Å². The van der Waals surface area contributed by atoms with Crippen LogP contribution in [0.25, 0.3) is 52.4 Å². The van der Waals surface area contributed by atoms with Crippen molar-refractivity contribution in [3.05, 3.63) is 196 Å². The molecular weight excluding hydrogens is 782 g/mol. The normalized spacial score (nSPS) is 14.9. The molecule has 2 aromatic heterocycles. The second kappa shape index (κ2) is 28.6. The Kier molecular flexibility index (Phi) is 25.3.